The molecule has 194 valence electrons. The fraction of sp³-hybridized carbons (Fsp3) is 0.885. The number of hydrogen-bond donors (Lipinski definition) is 3. The minimum atomic E-state index is -1.09. The molecule has 0 aromatic heterocycles. The zero-order valence-corrected chi connectivity index (χ0v) is 22.4. The van der Waals surface area contributed by atoms with Crippen molar-refractivity contribution in [1.82, 2.24) is 15.5 Å². The lowest BCUT2D eigenvalue weighted by atomic mass is 9.62. The van der Waals surface area contributed by atoms with E-state index in [1.807, 2.05) is 34.6 Å². The summed E-state index contributed by atoms with van der Waals surface area (Å²) in [7, 11) is 0. The van der Waals surface area contributed by atoms with Crippen LogP contribution in [0, 0.1) is 23.2 Å². The largest absolute Gasteiger partial charge is 0.394 e. The zero-order valence-electron chi connectivity index (χ0n) is 22.4. The van der Waals surface area contributed by atoms with Crippen LogP contribution in [0.3, 0.4) is 0 Å². The molecule has 8 nitrogen and oxygen atoms in total. The van der Waals surface area contributed by atoms with Gasteiger partial charge in [-0.25, -0.2) is 0 Å². The molecule has 3 amide bonds. The zero-order chi connectivity index (χ0) is 25.9. The molecular formula is C26H45N3O5. The molecule has 0 aromatic rings. The molecule has 0 radical (unpaired) electrons. The van der Waals surface area contributed by atoms with Crippen molar-refractivity contribution in [2.45, 2.75) is 110 Å². The van der Waals surface area contributed by atoms with Crippen LogP contribution in [0.1, 0.15) is 81.6 Å². The van der Waals surface area contributed by atoms with Crippen molar-refractivity contribution >= 4 is 17.7 Å². The summed E-state index contributed by atoms with van der Waals surface area (Å²) >= 11 is 0. The van der Waals surface area contributed by atoms with Gasteiger partial charge in [-0.2, -0.15) is 0 Å². The highest BCUT2D eigenvalue weighted by Gasteiger charge is 2.80. The quantitative estimate of drug-likeness (QED) is 0.495. The third-order valence-electron chi connectivity index (χ3n) is 8.01. The molecule has 7 atom stereocenters. The van der Waals surface area contributed by atoms with Crippen LogP contribution in [0.5, 0.6) is 0 Å². The predicted octanol–water partition coefficient (Wildman–Crippen LogP) is 2.24. The summed E-state index contributed by atoms with van der Waals surface area (Å²) in [5.41, 5.74) is -2.43. The Morgan fingerprint density at radius 1 is 1.24 bits per heavy atom. The van der Waals surface area contributed by atoms with Gasteiger partial charge in [0.1, 0.15) is 11.6 Å². The van der Waals surface area contributed by atoms with E-state index in [4.69, 9.17) is 4.74 Å². The summed E-state index contributed by atoms with van der Waals surface area (Å²) in [5, 5.41) is 16.1. The second-order valence-corrected chi connectivity index (χ2v) is 12.9. The second kappa shape index (κ2) is 8.77. The lowest BCUT2D eigenvalue weighted by Gasteiger charge is -2.39. The number of aliphatic hydroxyl groups is 1. The maximum absolute atomic E-state index is 13.9. The van der Waals surface area contributed by atoms with Crippen molar-refractivity contribution in [3.8, 4) is 0 Å². The Kier molecular flexibility index (Phi) is 6.94. The van der Waals surface area contributed by atoms with Gasteiger partial charge in [0, 0.05) is 12.1 Å². The fourth-order valence-corrected chi connectivity index (χ4v) is 7.07. The number of ether oxygens (including phenoxy) is 1. The first-order chi connectivity index (χ1) is 15.5. The lowest BCUT2D eigenvalue weighted by Crippen LogP contribution is -2.61. The normalized spacial score (nSPS) is 35.9. The smallest absolute Gasteiger partial charge is 0.246 e. The van der Waals surface area contributed by atoms with Gasteiger partial charge in [0.2, 0.25) is 17.7 Å². The summed E-state index contributed by atoms with van der Waals surface area (Å²) in [6, 6.07) is -1.47. The van der Waals surface area contributed by atoms with Crippen molar-refractivity contribution in [3.63, 3.8) is 0 Å². The van der Waals surface area contributed by atoms with Crippen molar-refractivity contribution in [3.05, 3.63) is 0 Å². The van der Waals surface area contributed by atoms with Crippen LogP contribution in [-0.2, 0) is 19.1 Å². The number of fused-ring (bicyclic) bond motifs is 1. The summed E-state index contributed by atoms with van der Waals surface area (Å²) < 4.78 is 6.68. The first-order valence-corrected chi connectivity index (χ1v) is 12.8. The number of hydrogen-bond acceptors (Lipinski definition) is 5. The average molecular weight is 480 g/mol. The Labute approximate surface area is 204 Å². The number of rotatable bonds is 8. The average Bonchev–Trinajstić information content (AvgIpc) is 3.20. The SMILES string of the molecule is CCCNC(=O)[C@H]1[C@H]2C(=O)N([C@H](C)CO)C(C(=O)NC(C)(C)CC(C)(C)C)C23CC(C)[C@]1(C)O3. The first-order valence-electron chi connectivity index (χ1n) is 12.8. The monoisotopic (exact) mass is 479 g/mol. The molecule has 0 aromatic carbocycles. The van der Waals surface area contributed by atoms with E-state index >= 15 is 0 Å². The van der Waals surface area contributed by atoms with Gasteiger partial charge in [-0.05, 0) is 58.3 Å². The van der Waals surface area contributed by atoms with E-state index in [0.717, 1.165) is 12.8 Å². The molecule has 1 spiro atoms. The van der Waals surface area contributed by atoms with E-state index in [-0.39, 0.29) is 35.7 Å². The number of amides is 3. The van der Waals surface area contributed by atoms with Crippen LogP contribution in [0.15, 0.2) is 0 Å². The Balaban J connectivity index is 2.05. The molecule has 3 saturated heterocycles. The summed E-state index contributed by atoms with van der Waals surface area (Å²) in [6.45, 7) is 18.3. The first kappa shape index (κ1) is 26.9. The topological polar surface area (TPSA) is 108 Å². The van der Waals surface area contributed by atoms with Crippen LogP contribution in [0.25, 0.3) is 0 Å². The van der Waals surface area contributed by atoms with E-state index in [2.05, 4.69) is 31.4 Å². The number of nitrogens with zero attached hydrogens (tertiary/aromatic N) is 1. The highest BCUT2D eigenvalue weighted by Crippen LogP contribution is 2.65. The van der Waals surface area contributed by atoms with Crippen LogP contribution in [-0.4, -0.2) is 69.7 Å². The molecule has 3 rings (SSSR count). The van der Waals surface area contributed by atoms with E-state index in [1.165, 1.54) is 4.90 Å². The summed E-state index contributed by atoms with van der Waals surface area (Å²) in [6.07, 6.45) is 2.05. The predicted molar refractivity (Wildman–Crippen MR) is 130 cm³/mol. The molecule has 0 aliphatic carbocycles. The van der Waals surface area contributed by atoms with Crippen LogP contribution >= 0.6 is 0 Å². The van der Waals surface area contributed by atoms with E-state index in [0.29, 0.717) is 13.0 Å². The number of aliphatic hydroxyl groups excluding tert-OH is 1. The van der Waals surface area contributed by atoms with Gasteiger partial charge in [-0.15, -0.1) is 0 Å². The third kappa shape index (κ3) is 4.25. The summed E-state index contributed by atoms with van der Waals surface area (Å²) in [4.78, 5) is 42.7. The minimum Gasteiger partial charge on any atom is -0.394 e. The summed E-state index contributed by atoms with van der Waals surface area (Å²) in [5.74, 6) is -2.18. The molecule has 3 fully saturated rings. The Morgan fingerprint density at radius 3 is 2.38 bits per heavy atom. The number of carbonyl (C=O) groups excluding carboxylic acids is 3. The second-order valence-electron chi connectivity index (χ2n) is 12.9. The molecule has 8 heteroatoms. The Bertz CT molecular complexity index is 837. The van der Waals surface area contributed by atoms with Crippen LogP contribution < -0.4 is 10.6 Å². The van der Waals surface area contributed by atoms with E-state index in [9.17, 15) is 19.5 Å². The Morgan fingerprint density at radius 2 is 1.85 bits per heavy atom. The number of nitrogens with one attached hydrogen (secondary N) is 2. The van der Waals surface area contributed by atoms with E-state index in [1.54, 1.807) is 6.92 Å². The van der Waals surface area contributed by atoms with Crippen LogP contribution in [0.4, 0.5) is 0 Å². The molecule has 3 aliphatic rings. The maximum Gasteiger partial charge on any atom is 0.246 e. The van der Waals surface area contributed by atoms with Crippen molar-refractivity contribution in [1.29, 1.82) is 0 Å². The van der Waals surface area contributed by atoms with Gasteiger partial charge >= 0.3 is 0 Å². The Hall–Kier alpha value is -1.67. The molecular weight excluding hydrogens is 434 g/mol. The van der Waals surface area contributed by atoms with Gasteiger partial charge < -0.3 is 25.4 Å². The fourth-order valence-electron chi connectivity index (χ4n) is 7.07. The number of likely N-dealkylation sites (tertiary alicyclic amines) is 1. The van der Waals surface area contributed by atoms with Gasteiger partial charge in [0.05, 0.1) is 30.1 Å². The molecule has 0 saturated carbocycles. The van der Waals surface area contributed by atoms with Gasteiger partial charge in [-0.1, -0.05) is 34.6 Å². The van der Waals surface area contributed by atoms with E-state index < -0.39 is 40.7 Å². The third-order valence-corrected chi connectivity index (χ3v) is 8.01. The van der Waals surface area contributed by atoms with Crippen molar-refractivity contribution in [2.75, 3.05) is 13.2 Å². The van der Waals surface area contributed by atoms with Gasteiger partial charge in [0.25, 0.3) is 0 Å². The highest BCUT2D eigenvalue weighted by atomic mass is 16.5. The molecule has 2 bridgehead atoms. The highest BCUT2D eigenvalue weighted by molar-refractivity contribution is 5.99. The standard InChI is InChI=1S/C26H45N3O5/c1-10-11-27-20(31)17-18-22(33)29(16(3)13-30)19(26(18)12-15(2)25(17,9)34-26)21(32)28-24(7,8)14-23(4,5)6/h15-19,30H,10-14H2,1-9H3,(H,27,31)(H,28,32)/t15?,16-,17-,18+,19?,25+,26?/m1/s1. The van der Waals surface area contributed by atoms with Crippen molar-refractivity contribution in [2.24, 2.45) is 23.2 Å². The molecule has 34 heavy (non-hydrogen) atoms. The van der Waals surface area contributed by atoms with Crippen molar-refractivity contribution < 1.29 is 24.2 Å². The molecule has 3 aliphatic heterocycles. The molecule has 3 unspecified atom stereocenters. The van der Waals surface area contributed by atoms with Crippen LogP contribution in [0.2, 0.25) is 0 Å². The van der Waals surface area contributed by atoms with Gasteiger partial charge in [0.15, 0.2) is 0 Å². The molecule has 3 N–H and O–H groups in total. The maximum atomic E-state index is 13.9. The minimum absolute atomic E-state index is 0.00352. The lowest BCUT2D eigenvalue weighted by molar-refractivity contribution is -0.151. The van der Waals surface area contributed by atoms with Gasteiger partial charge in [-0.3, -0.25) is 14.4 Å². The number of carbonyl (C=O) groups is 3. The molecule has 3 heterocycles.